The van der Waals surface area contributed by atoms with Crippen molar-refractivity contribution in [3.05, 3.63) is 185 Å². The second-order valence-corrected chi connectivity index (χ2v) is 31.9. The van der Waals surface area contributed by atoms with Crippen LogP contribution in [0.5, 0.6) is 0 Å². The number of esters is 1. The molecule has 0 saturated carbocycles. The summed E-state index contributed by atoms with van der Waals surface area (Å²) in [5.74, 6) is -0.377. The molecule has 6 aromatic rings. The van der Waals surface area contributed by atoms with Crippen LogP contribution >= 0.6 is 31.9 Å². The number of halogens is 2. The quantitative estimate of drug-likeness (QED) is 0.123. The number of aliphatic hydroxyl groups excluding tert-OH is 1. The van der Waals surface area contributed by atoms with Crippen molar-refractivity contribution in [2.45, 2.75) is 228 Å². The smallest absolute Gasteiger partial charge is 0.414 e. The van der Waals surface area contributed by atoms with Gasteiger partial charge in [-0.05, 0) is 289 Å². The Balaban J connectivity index is 0.000000173. The number of hydrogen-bond acceptors (Lipinski definition) is 13. The number of aliphatic hydroxyl groups is 1. The monoisotopic (exact) mass is 1530 g/mol. The SMILES string of the molecule is Brc1cccc2c1CCCC2.CC(C)(C)OC(=O)N1CCCc2c(Br)cccc21.CC(C)(C)OC(=O)N1CCCc2c(CO)cccc21.COC(=O)c1cccc2c1CCCN2C(=O)OC(C)(C)C.COCc1cccc2c1CCCC2.COCc1cccc2c1CCCN2C(=O)OC(C)(C)C. The van der Waals surface area contributed by atoms with Crippen molar-refractivity contribution >= 4 is 85.0 Å². The second kappa shape index (κ2) is 37.9. The van der Waals surface area contributed by atoms with Gasteiger partial charge in [0, 0.05) is 49.3 Å². The normalized spacial score (nSPS) is 15.1. The van der Waals surface area contributed by atoms with E-state index in [0.717, 1.165) is 114 Å². The second-order valence-electron chi connectivity index (χ2n) is 30.2. The summed E-state index contributed by atoms with van der Waals surface area (Å²) in [7, 11) is 4.81. The van der Waals surface area contributed by atoms with E-state index in [4.69, 9.17) is 33.2 Å². The summed E-state index contributed by atoms with van der Waals surface area (Å²) >= 11 is 7.12. The van der Waals surface area contributed by atoms with E-state index in [0.29, 0.717) is 31.8 Å². The van der Waals surface area contributed by atoms with Gasteiger partial charge in [0.1, 0.15) is 22.4 Å². The Labute approximate surface area is 623 Å². The van der Waals surface area contributed by atoms with E-state index in [-0.39, 0.29) is 36.9 Å². The van der Waals surface area contributed by atoms with Crippen molar-refractivity contribution in [2.24, 2.45) is 0 Å². The molecule has 4 aliphatic heterocycles. The molecular weight excluding hydrogens is 1420 g/mol. The zero-order valence-corrected chi connectivity index (χ0v) is 66.2. The van der Waals surface area contributed by atoms with Crippen LogP contribution in [0.15, 0.2) is 118 Å². The van der Waals surface area contributed by atoms with E-state index < -0.39 is 22.4 Å². The van der Waals surface area contributed by atoms with Crippen molar-refractivity contribution in [3.63, 3.8) is 0 Å². The molecule has 0 bridgehead atoms. The van der Waals surface area contributed by atoms with Crippen LogP contribution in [0, 0.1) is 0 Å². The number of hydrogen-bond donors (Lipinski definition) is 1. The molecule has 17 nitrogen and oxygen atoms in total. The molecular formula is C83H110Br2N4O13. The number of ether oxygens (including phenoxy) is 7. The topological polar surface area (TPSA) is 183 Å². The average Bonchev–Trinajstić information content (AvgIpc) is 0.808. The first-order chi connectivity index (χ1) is 48.3. The zero-order chi connectivity index (χ0) is 74.5. The highest BCUT2D eigenvalue weighted by atomic mass is 79.9. The predicted molar refractivity (Wildman–Crippen MR) is 414 cm³/mol. The van der Waals surface area contributed by atoms with E-state index in [9.17, 15) is 29.1 Å². The van der Waals surface area contributed by atoms with Crippen molar-refractivity contribution in [2.75, 3.05) is 67.1 Å². The van der Waals surface area contributed by atoms with Gasteiger partial charge in [0.25, 0.3) is 0 Å². The van der Waals surface area contributed by atoms with E-state index in [2.05, 4.69) is 74.3 Å². The van der Waals surface area contributed by atoms with Gasteiger partial charge in [0.15, 0.2) is 0 Å². The van der Waals surface area contributed by atoms with Crippen LogP contribution in [0.3, 0.4) is 0 Å². The molecule has 6 aromatic carbocycles. The zero-order valence-electron chi connectivity index (χ0n) is 63.0. The number of nitrogens with zero attached hydrogens (tertiary/aromatic N) is 4. The fourth-order valence-electron chi connectivity index (χ4n) is 13.3. The molecule has 0 fully saturated rings. The third-order valence-electron chi connectivity index (χ3n) is 17.6. The van der Waals surface area contributed by atoms with Crippen LogP contribution < -0.4 is 19.6 Å². The van der Waals surface area contributed by atoms with E-state index in [1.807, 2.05) is 138 Å². The molecule has 554 valence electrons. The highest BCUT2D eigenvalue weighted by Crippen LogP contribution is 2.37. The molecule has 4 heterocycles. The van der Waals surface area contributed by atoms with Gasteiger partial charge in [-0.15, -0.1) is 0 Å². The number of carbonyl (C=O) groups excluding carboxylic acids is 5. The Morgan fingerprint density at radius 3 is 1.08 bits per heavy atom. The van der Waals surface area contributed by atoms with Gasteiger partial charge in [-0.3, -0.25) is 19.6 Å². The van der Waals surface area contributed by atoms with Crippen LogP contribution in [0.1, 0.15) is 206 Å². The number of aryl methyl sites for hydroxylation is 2. The molecule has 0 radical (unpaired) electrons. The van der Waals surface area contributed by atoms with E-state index in [1.165, 1.54) is 79.6 Å². The summed E-state index contributed by atoms with van der Waals surface area (Å²) in [5.41, 5.74) is 16.0. The number of rotatable bonds is 6. The molecule has 0 unspecified atom stereocenters. The molecule has 0 spiro atoms. The van der Waals surface area contributed by atoms with Gasteiger partial charge in [-0.25, -0.2) is 24.0 Å². The van der Waals surface area contributed by atoms with Gasteiger partial charge < -0.3 is 38.3 Å². The third-order valence-corrected chi connectivity index (χ3v) is 19.1. The van der Waals surface area contributed by atoms with Gasteiger partial charge in [-0.1, -0.05) is 98.6 Å². The standard InChI is InChI=1S/C16H21NO4.C16H23NO3.C15H21NO3.C14H18BrNO2.C12H16O.C10H11Br/c1-16(2,3)21-15(19)17-10-6-8-11-12(14(18)20-4)7-5-9-13(11)17;1-16(2,3)20-15(18)17-10-6-8-13-12(11-19-4)7-5-9-14(13)17;1-15(2,3)19-14(18)16-9-5-7-12-11(10-17)6-4-8-13(12)16;1-14(2,3)18-13(17)16-9-5-6-10-11(15)7-4-8-12(10)16;1-13-9-11-7-4-6-10-5-2-3-8-12(10)11;11-10-7-3-5-8-4-1-2-6-9(8)10/h5,7,9H,6,8,10H2,1-4H3;5,7,9H,6,8,10-11H2,1-4H3;4,6,8,17H,5,7,9-10H2,1-3H3;4,7-8H,5-6,9H2,1-3H3;4,6-7H,2-3,5,8-9H2,1H3;3,5,7H,1-2,4,6H2. The van der Waals surface area contributed by atoms with Crippen LogP contribution in [0.25, 0.3) is 0 Å². The Morgan fingerprint density at radius 2 is 0.667 bits per heavy atom. The predicted octanol–water partition coefficient (Wildman–Crippen LogP) is 19.7. The molecule has 102 heavy (non-hydrogen) atoms. The summed E-state index contributed by atoms with van der Waals surface area (Å²) in [5, 5.41) is 9.37. The molecule has 0 aromatic heterocycles. The minimum absolute atomic E-state index is 0.00529. The highest BCUT2D eigenvalue weighted by molar-refractivity contribution is 9.10. The van der Waals surface area contributed by atoms with Gasteiger partial charge >= 0.3 is 30.3 Å². The fourth-order valence-corrected chi connectivity index (χ4v) is 14.4. The summed E-state index contributed by atoms with van der Waals surface area (Å²) in [6.07, 6.45) is 16.4. The Hall–Kier alpha value is -7.29. The van der Waals surface area contributed by atoms with Crippen LogP contribution in [-0.2, 0) is 104 Å². The number of fused-ring (bicyclic) bond motifs is 6. The van der Waals surface area contributed by atoms with Crippen molar-refractivity contribution < 1.29 is 62.2 Å². The lowest BCUT2D eigenvalue weighted by atomic mass is 9.88. The van der Waals surface area contributed by atoms with Gasteiger partial charge in [0.2, 0.25) is 0 Å². The molecule has 6 aliphatic rings. The molecule has 4 amide bonds. The fraction of sp³-hybridized carbons (Fsp3) is 0.506. The van der Waals surface area contributed by atoms with Crippen LogP contribution in [0.2, 0.25) is 0 Å². The lowest BCUT2D eigenvalue weighted by Gasteiger charge is -2.32. The largest absolute Gasteiger partial charge is 0.465 e. The van der Waals surface area contributed by atoms with E-state index in [1.54, 1.807) is 68.2 Å². The maximum atomic E-state index is 12.3. The van der Waals surface area contributed by atoms with Crippen molar-refractivity contribution in [3.8, 4) is 0 Å². The van der Waals surface area contributed by atoms with Gasteiger partial charge in [-0.2, -0.15) is 0 Å². The maximum Gasteiger partial charge on any atom is 0.414 e. The summed E-state index contributed by atoms with van der Waals surface area (Å²) in [6, 6.07) is 36.1. The molecule has 0 atom stereocenters. The number of methoxy groups -OCH3 is 3. The summed E-state index contributed by atoms with van der Waals surface area (Å²) in [4.78, 5) is 67.6. The van der Waals surface area contributed by atoms with Crippen LogP contribution in [-0.4, -0.2) is 105 Å². The first-order valence-corrected chi connectivity index (χ1v) is 37.6. The first-order valence-electron chi connectivity index (χ1n) is 36.0. The molecule has 12 rings (SSSR count). The number of carbonyl (C=O) groups is 5. The number of amides is 4. The van der Waals surface area contributed by atoms with E-state index >= 15 is 0 Å². The number of anilines is 4. The average molecular weight is 1530 g/mol. The minimum Gasteiger partial charge on any atom is -0.465 e. The highest BCUT2D eigenvalue weighted by Gasteiger charge is 2.33. The Kier molecular flexibility index (Phi) is 30.5. The first kappa shape index (κ1) is 82.0. The molecule has 19 heteroatoms. The van der Waals surface area contributed by atoms with Gasteiger partial charge in [0.05, 0.1) is 55.2 Å². The summed E-state index contributed by atoms with van der Waals surface area (Å²) in [6.45, 7) is 26.4. The van der Waals surface area contributed by atoms with Crippen molar-refractivity contribution in [1.29, 1.82) is 0 Å². The third kappa shape index (κ3) is 23.9. The minimum atomic E-state index is -0.547. The molecule has 2 aliphatic carbocycles. The van der Waals surface area contributed by atoms with Crippen LogP contribution in [0.4, 0.5) is 41.9 Å². The van der Waals surface area contributed by atoms with Crippen molar-refractivity contribution in [1.82, 2.24) is 0 Å². The maximum absolute atomic E-state index is 12.3. The lowest BCUT2D eigenvalue weighted by Crippen LogP contribution is -2.40. The molecule has 1 N–H and O–H groups in total. The lowest BCUT2D eigenvalue weighted by molar-refractivity contribution is 0.0565. The Bertz CT molecular complexity index is 3810. The summed E-state index contributed by atoms with van der Waals surface area (Å²) < 4.78 is 39.4. The number of benzene rings is 6. The Morgan fingerprint density at radius 1 is 0.363 bits per heavy atom. The molecule has 0 saturated heterocycles.